The number of nitrogens with one attached hydrogen (secondary N) is 2. The predicted molar refractivity (Wildman–Crippen MR) is 117 cm³/mol. The molecule has 0 fully saturated rings. The molecule has 0 aliphatic rings. The minimum Gasteiger partial charge on any atom is -0.495 e. The Labute approximate surface area is 186 Å². The highest BCUT2D eigenvalue weighted by Gasteiger charge is 2.30. The molecule has 0 radical (unpaired) electrons. The first kappa shape index (κ1) is 21.9. The van der Waals surface area contributed by atoms with Gasteiger partial charge in [0.1, 0.15) is 17.0 Å². The van der Waals surface area contributed by atoms with Crippen molar-refractivity contribution in [2.24, 2.45) is 0 Å². The lowest BCUT2D eigenvalue weighted by molar-refractivity contribution is -0.137. The van der Waals surface area contributed by atoms with Crippen molar-refractivity contribution in [1.29, 1.82) is 0 Å². The second kappa shape index (κ2) is 8.70. The van der Waals surface area contributed by atoms with Crippen molar-refractivity contribution >= 4 is 34.2 Å². The molecule has 0 saturated heterocycles. The van der Waals surface area contributed by atoms with Gasteiger partial charge in [0.15, 0.2) is 0 Å². The van der Waals surface area contributed by atoms with Crippen LogP contribution in [0.3, 0.4) is 0 Å². The second-order valence-corrected chi connectivity index (χ2v) is 6.99. The minimum atomic E-state index is -4.51. The van der Waals surface area contributed by atoms with Crippen molar-refractivity contribution in [2.45, 2.75) is 6.18 Å². The van der Waals surface area contributed by atoms with Gasteiger partial charge in [0.25, 0.3) is 11.8 Å². The normalized spacial score (nSPS) is 11.3. The number of hydrogen-bond donors (Lipinski definition) is 2. The van der Waals surface area contributed by atoms with Crippen LogP contribution >= 0.6 is 0 Å². The van der Waals surface area contributed by atoms with Gasteiger partial charge in [-0.1, -0.05) is 24.3 Å². The molecule has 0 aliphatic heterocycles. The number of para-hydroxylation sites is 3. The number of furan rings is 1. The van der Waals surface area contributed by atoms with Crippen molar-refractivity contribution in [3.63, 3.8) is 0 Å². The van der Waals surface area contributed by atoms with Crippen LogP contribution in [-0.4, -0.2) is 18.9 Å². The summed E-state index contributed by atoms with van der Waals surface area (Å²) < 4.78 is 49.3. The highest BCUT2D eigenvalue weighted by Crippen LogP contribution is 2.33. The molecule has 2 N–H and O–H groups in total. The van der Waals surface area contributed by atoms with Gasteiger partial charge in [-0.15, -0.1) is 0 Å². The zero-order valence-corrected chi connectivity index (χ0v) is 17.2. The lowest BCUT2D eigenvalue weighted by Crippen LogP contribution is -2.17. The third-order valence-electron chi connectivity index (χ3n) is 4.87. The molecular weight excluding hydrogens is 437 g/mol. The van der Waals surface area contributed by atoms with Gasteiger partial charge in [-0.25, -0.2) is 0 Å². The number of rotatable bonds is 5. The third-order valence-corrected chi connectivity index (χ3v) is 4.87. The Morgan fingerprint density at radius 1 is 0.848 bits per heavy atom. The van der Waals surface area contributed by atoms with Crippen LogP contribution < -0.4 is 15.4 Å². The summed E-state index contributed by atoms with van der Waals surface area (Å²) in [6.07, 6.45) is -4.51. The molecule has 0 saturated carbocycles. The number of fused-ring (bicyclic) bond motifs is 1. The van der Waals surface area contributed by atoms with Gasteiger partial charge in [-0.2, -0.15) is 13.2 Å². The molecule has 0 aliphatic carbocycles. The van der Waals surface area contributed by atoms with Crippen molar-refractivity contribution < 1.29 is 31.9 Å². The lowest BCUT2D eigenvalue weighted by atomic mass is 10.1. The summed E-state index contributed by atoms with van der Waals surface area (Å²) in [5, 5.41) is 5.74. The first-order valence-corrected chi connectivity index (χ1v) is 9.72. The van der Waals surface area contributed by atoms with Gasteiger partial charge in [0, 0.05) is 10.9 Å². The molecule has 0 unspecified atom stereocenters. The number of benzene rings is 3. The largest absolute Gasteiger partial charge is 0.495 e. The summed E-state index contributed by atoms with van der Waals surface area (Å²) >= 11 is 0. The topological polar surface area (TPSA) is 80.6 Å². The fraction of sp³-hybridized carbons (Fsp3) is 0.0833. The van der Waals surface area contributed by atoms with Gasteiger partial charge in [0.2, 0.25) is 5.76 Å². The molecule has 1 aromatic heterocycles. The van der Waals surface area contributed by atoms with E-state index in [0.29, 0.717) is 22.4 Å². The standard InChI is InChI=1S/C24H17F3N2O4/c1-32-19-9-5-3-7-17(19)28-23(31)21-20(16-6-2-4-8-18(16)33-21)29-22(30)14-10-12-15(13-11-14)24(25,26)27/h2-13H,1H3,(H,28,31)(H,29,30). The molecule has 0 atom stereocenters. The summed E-state index contributed by atoms with van der Waals surface area (Å²) in [4.78, 5) is 25.8. The third kappa shape index (κ3) is 4.52. The molecule has 0 spiro atoms. The van der Waals surface area contributed by atoms with E-state index in [1.165, 1.54) is 7.11 Å². The SMILES string of the molecule is COc1ccccc1NC(=O)c1oc2ccccc2c1NC(=O)c1ccc(C(F)(F)F)cc1. The van der Waals surface area contributed by atoms with E-state index >= 15 is 0 Å². The maximum Gasteiger partial charge on any atom is 0.416 e. The maximum absolute atomic E-state index is 13.0. The fourth-order valence-electron chi connectivity index (χ4n) is 3.25. The Morgan fingerprint density at radius 3 is 2.21 bits per heavy atom. The number of carbonyl (C=O) groups excluding carboxylic acids is 2. The average molecular weight is 454 g/mol. The molecule has 4 aromatic rings. The molecule has 4 rings (SSSR count). The zero-order valence-electron chi connectivity index (χ0n) is 17.2. The average Bonchev–Trinajstić information content (AvgIpc) is 3.17. The van der Waals surface area contributed by atoms with Crippen LogP contribution in [0.4, 0.5) is 24.5 Å². The summed E-state index contributed by atoms with van der Waals surface area (Å²) in [5.41, 5.74) is -0.0344. The van der Waals surface area contributed by atoms with Gasteiger partial charge in [-0.3, -0.25) is 9.59 Å². The van der Waals surface area contributed by atoms with Crippen LogP contribution in [0.15, 0.2) is 77.2 Å². The number of anilines is 2. The van der Waals surface area contributed by atoms with E-state index in [1.807, 2.05) is 0 Å². The van der Waals surface area contributed by atoms with Crippen LogP contribution in [0.2, 0.25) is 0 Å². The Hall–Kier alpha value is -4.27. The Morgan fingerprint density at radius 2 is 1.52 bits per heavy atom. The molecule has 2 amide bonds. The molecule has 6 nitrogen and oxygen atoms in total. The first-order valence-electron chi connectivity index (χ1n) is 9.72. The molecule has 3 aromatic carbocycles. The summed E-state index contributed by atoms with van der Waals surface area (Å²) in [5.74, 6) is -1.07. The quantitative estimate of drug-likeness (QED) is 0.390. The predicted octanol–water partition coefficient (Wildman–Crippen LogP) is 5.96. The van der Waals surface area contributed by atoms with Crippen molar-refractivity contribution in [3.05, 3.63) is 89.7 Å². The Kier molecular flexibility index (Phi) is 5.78. The summed E-state index contributed by atoms with van der Waals surface area (Å²) in [6.45, 7) is 0. The number of amides is 2. The van der Waals surface area contributed by atoms with Gasteiger partial charge in [0.05, 0.1) is 18.4 Å². The molecule has 0 bridgehead atoms. The van der Waals surface area contributed by atoms with E-state index in [2.05, 4.69) is 10.6 Å². The van der Waals surface area contributed by atoms with Gasteiger partial charge < -0.3 is 19.8 Å². The monoisotopic (exact) mass is 454 g/mol. The number of halogens is 3. The van der Waals surface area contributed by atoms with Crippen molar-refractivity contribution in [3.8, 4) is 5.75 Å². The second-order valence-electron chi connectivity index (χ2n) is 6.99. The Bertz CT molecular complexity index is 1330. The number of carbonyl (C=O) groups is 2. The number of hydrogen-bond acceptors (Lipinski definition) is 4. The molecular formula is C24H17F3N2O4. The van der Waals surface area contributed by atoms with E-state index in [0.717, 1.165) is 24.3 Å². The van der Waals surface area contributed by atoms with E-state index < -0.39 is 23.6 Å². The van der Waals surface area contributed by atoms with E-state index in [-0.39, 0.29) is 17.0 Å². The number of methoxy groups -OCH3 is 1. The van der Waals surface area contributed by atoms with Crippen LogP contribution in [0.25, 0.3) is 11.0 Å². The van der Waals surface area contributed by atoms with E-state index in [9.17, 15) is 22.8 Å². The van der Waals surface area contributed by atoms with Gasteiger partial charge in [-0.05, 0) is 48.5 Å². The first-order chi connectivity index (χ1) is 15.8. The zero-order chi connectivity index (χ0) is 23.6. The fourth-order valence-corrected chi connectivity index (χ4v) is 3.25. The maximum atomic E-state index is 13.0. The van der Waals surface area contributed by atoms with E-state index in [1.54, 1.807) is 48.5 Å². The highest BCUT2D eigenvalue weighted by atomic mass is 19.4. The minimum absolute atomic E-state index is 0.00984. The van der Waals surface area contributed by atoms with Crippen LogP contribution in [-0.2, 0) is 6.18 Å². The van der Waals surface area contributed by atoms with Gasteiger partial charge >= 0.3 is 6.18 Å². The highest BCUT2D eigenvalue weighted by molar-refractivity contribution is 6.17. The lowest BCUT2D eigenvalue weighted by Gasteiger charge is -2.11. The molecule has 168 valence electrons. The Balaban J connectivity index is 1.66. The van der Waals surface area contributed by atoms with Crippen molar-refractivity contribution in [2.75, 3.05) is 17.7 Å². The molecule has 1 heterocycles. The van der Waals surface area contributed by atoms with E-state index in [4.69, 9.17) is 9.15 Å². The molecule has 33 heavy (non-hydrogen) atoms. The van der Waals surface area contributed by atoms with Crippen LogP contribution in [0.5, 0.6) is 5.75 Å². The molecule has 9 heteroatoms. The summed E-state index contributed by atoms with van der Waals surface area (Å²) in [7, 11) is 1.46. The number of ether oxygens (including phenoxy) is 1. The summed E-state index contributed by atoms with van der Waals surface area (Å²) in [6, 6.07) is 17.2. The smallest absolute Gasteiger partial charge is 0.416 e. The van der Waals surface area contributed by atoms with Crippen LogP contribution in [0, 0.1) is 0 Å². The number of alkyl halides is 3. The van der Waals surface area contributed by atoms with Crippen LogP contribution in [0.1, 0.15) is 26.5 Å². The van der Waals surface area contributed by atoms with Crippen molar-refractivity contribution in [1.82, 2.24) is 0 Å².